The third-order valence-corrected chi connectivity index (χ3v) is 4.38. The van der Waals surface area contributed by atoms with Crippen molar-refractivity contribution in [3.8, 4) is 11.4 Å². The first-order chi connectivity index (χ1) is 8.65. The van der Waals surface area contributed by atoms with Gasteiger partial charge in [-0.05, 0) is 41.9 Å². The van der Waals surface area contributed by atoms with Crippen molar-refractivity contribution in [1.29, 1.82) is 0 Å². The van der Waals surface area contributed by atoms with Gasteiger partial charge in [0.2, 0.25) is 0 Å². The third-order valence-electron chi connectivity index (χ3n) is 3.54. The number of halogens is 1. The topological polar surface area (TPSA) is 25.8 Å². The molecule has 0 N–H and O–H groups in total. The smallest absolute Gasteiger partial charge is 0.173 e. The van der Waals surface area contributed by atoms with Gasteiger partial charge in [-0.25, -0.2) is 9.37 Å². The monoisotopic (exact) mass is 262 g/mol. The van der Waals surface area contributed by atoms with Gasteiger partial charge in [0.15, 0.2) is 5.82 Å². The number of benzene rings is 1. The zero-order chi connectivity index (χ0) is 12.7. The SMILES string of the molecule is CC(C)C1CC1c1nc(-c2cccc(F)c2)ns1. The second kappa shape index (κ2) is 4.43. The highest BCUT2D eigenvalue weighted by atomic mass is 32.1. The van der Waals surface area contributed by atoms with Gasteiger partial charge in [0.25, 0.3) is 0 Å². The van der Waals surface area contributed by atoms with E-state index in [-0.39, 0.29) is 5.82 Å². The summed E-state index contributed by atoms with van der Waals surface area (Å²) in [6.07, 6.45) is 1.22. The van der Waals surface area contributed by atoms with E-state index in [9.17, 15) is 4.39 Å². The minimum Gasteiger partial charge on any atom is -0.219 e. The average Bonchev–Trinajstić information content (AvgIpc) is 3.00. The predicted molar refractivity (Wildman–Crippen MR) is 71.0 cm³/mol. The van der Waals surface area contributed by atoms with Crippen LogP contribution in [-0.2, 0) is 0 Å². The highest BCUT2D eigenvalue weighted by Gasteiger charge is 2.42. The molecule has 1 heterocycles. The fourth-order valence-electron chi connectivity index (χ4n) is 2.37. The van der Waals surface area contributed by atoms with Gasteiger partial charge in [0, 0.05) is 11.5 Å². The molecule has 1 aliphatic carbocycles. The second-order valence-electron chi connectivity index (χ2n) is 5.22. The Morgan fingerprint density at radius 1 is 1.39 bits per heavy atom. The summed E-state index contributed by atoms with van der Waals surface area (Å²) in [6.45, 7) is 4.50. The molecule has 1 saturated carbocycles. The van der Waals surface area contributed by atoms with Crippen LogP contribution >= 0.6 is 11.5 Å². The standard InChI is InChI=1S/C14H15FN2S/c1-8(2)11-7-12(11)14-16-13(17-18-14)9-4-3-5-10(15)6-9/h3-6,8,11-12H,7H2,1-2H3. The molecule has 0 bridgehead atoms. The van der Waals surface area contributed by atoms with E-state index >= 15 is 0 Å². The van der Waals surface area contributed by atoms with E-state index in [1.807, 2.05) is 6.07 Å². The van der Waals surface area contributed by atoms with Crippen molar-refractivity contribution >= 4 is 11.5 Å². The summed E-state index contributed by atoms with van der Waals surface area (Å²) in [7, 11) is 0. The molecule has 18 heavy (non-hydrogen) atoms. The van der Waals surface area contributed by atoms with Crippen LogP contribution in [0.3, 0.4) is 0 Å². The van der Waals surface area contributed by atoms with Crippen LogP contribution in [0.5, 0.6) is 0 Å². The van der Waals surface area contributed by atoms with Crippen molar-refractivity contribution in [1.82, 2.24) is 9.36 Å². The highest BCUT2D eigenvalue weighted by molar-refractivity contribution is 7.05. The number of nitrogens with zero attached hydrogens (tertiary/aromatic N) is 2. The zero-order valence-corrected chi connectivity index (χ0v) is 11.2. The molecule has 2 atom stereocenters. The third kappa shape index (κ3) is 2.17. The molecule has 0 aliphatic heterocycles. The van der Waals surface area contributed by atoms with E-state index in [0.29, 0.717) is 17.7 Å². The Labute approximate surface area is 110 Å². The van der Waals surface area contributed by atoms with Crippen LogP contribution in [0.4, 0.5) is 4.39 Å². The van der Waals surface area contributed by atoms with Crippen LogP contribution < -0.4 is 0 Å². The van der Waals surface area contributed by atoms with Gasteiger partial charge >= 0.3 is 0 Å². The molecular formula is C14H15FN2S. The molecule has 2 nitrogen and oxygen atoms in total. The lowest BCUT2D eigenvalue weighted by Crippen LogP contribution is -1.92. The number of hydrogen-bond acceptors (Lipinski definition) is 3. The van der Waals surface area contributed by atoms with Gasteiger partial charge in [-0.2, -0.15) is 4.37 Å². The lowest BCUT2D eigenvalue weighted by Gasteiger charge is -1.99. The molecule has 4 heteroatoms. The fourth-order valence-corrected chi connectivity index (χ4v) is 3.23. The average molecular weight is 262 g/mol. The first kappa shape index (κ1) is 11.8. The van der Waals surface area contributed by atoms with E-state index in [0.717, 1.165) is 16.5 Å². The van der Waals surface area contributed by atoms with Gasteiger partial charge < -0.3 is 0 Å². The molecule has 1 aromatic carbocycles. The summed E-state index contributed by atoms with van der Waals surface area (Å²) >= 11 is 1.46. The van der Waals surface area contributed by atoms with Crippen LogP contribution in [0.15, 0.2) is 24.3 Å². The molecule has 94 valence electrons. The van der Waals surface area contributed by atoms with Gasteiger partial charge in [0.1, 0.15) is 10.8 Å². The molecular weight excluding hydrogens is 247 g/mol. The fraction of sp³-hybridized carbons (Fsp3) is 0.429. The van der Waals surface area contributed by atoms with Gasteiger partial charge in [-0.3, -0.25) is 0 Å². The first-order valence-electron chi connectivity index (χ1n) is 6.24. The van der Waals surface area contributed by atoms with Crippen molar-refractivity contribution in [2.24, 2.45) is 11.8 Å². The molecule has 1 fully saturated rings. The molecule has 0 amide bonds. The molecule has 0 radical (unpaired) electrons. The van der Waals surface area contributed by atoms with Crippen LogP contribution in [-0.4, -0.2) is 9.36 Å². The minimum atomic E-state index is -0.240. The molecule has 0 saturated heterocycles. The van der Waals surface area contributed by atoms with E-state index < -0.39 is 0 Å². The zero-order valence-electron chi connectivity index (χ0n) is 10.4. The van der Waals surface area contributed by atoms with Gasteiger partial charge in [0.05, 0.1) is 0 Å². The highest BCUT2D eigenvalue weighted by Crippen LogP contribution is 2.52. The summed E-state index contributed by atoms with van der Waals surface area (Å²) < 4.78 is 17.5. The quantitative estimate of drug-likeness (QED) is 0.832. The lowest BCUT2D eigenvalue weighted by atomic mass is 10.1. The molecule has 2 unspecified atom stereocenters. The maximum atomic E-state index is 13.1. The summed E-state index contributed by atoms with van der Waals surface area (Å²) in [5.74, 6) is 2.44. The summed E-state index contributed by atoms with van der Waals surface area (Å²) in [6, 6.07) is 6.46. The maximum absolute atomic E-state index is 13.1. The Balaban J connectivity index is 1.82. The van der Waals surface area contributed by atoms with E-state index in [1.165, 1.54) is 30.1 Å². The van der Waals surface area contributed by atoms with Crippen LogP contribution in [0.1, 0.15) is 31.2 Å². The van der Waals surface area contributed by atoms with E-state index in [1.54, 1.807) is 6.07 Å². The van der Waals surface area contributed by atoms with Crippen LogP contribution in [0, 0.1) is 17.7 Å². The summed E-state index contributed by atoms with van der Waals surface area (Å²) in [4.78, 5) is 4.56. The van der Waals surface area contributed by atoms with Crippen molar-refractivity contribution in [3.05, 3.63) is 35.1 Å². The van der Waals surface area contributed by atoms with Crippen molar-refractivity contribution < 1.29 is 4.39 Å². The summed E-state index contributed by atoms with van der Waals surface area (Å²) in [5.41, 5.74) is 0.763. The molecule has 2 aromatic rings. The number of aromatic nitrogens is 2. The van der Waals surface area contributed by atoms with Gasteiger partial charge in [-0.1, -0.05) is 26.0 Å². The first-order valence-corrected chi connectivity index (χ1v) is 7.02. The normalized spacial score (nSPS) is 22.4. The van der Waals surface area contributed by atoms with Crippen molar-refractivity contribution in [3.63, 3.8) is 0 Å². The van der Waals surface area contributed by atoms with Crippen LogP contribution in [0.25, 0.3) is 11.4 Å². The van der Waals surface area contributed by atoms with E-state index in [4.69, 9.17) is 0 Å². The van der Waals surface area contributed by atoms with Crippen molar-refractivity contribution in [2.75, 3.05) is 0 Å². The Morgan fingerprint density at radius 3 is 2.89 bits per heavy atom. The second-order valence-corrected chi connectivity index (χ2v) is 6.00. The summed E-state index contributed by atoms with van der Waals surface area (Å²) in [5, 5.41) is 1.10. The minimum absolute atomic E-state index is 0.240. The number of hydrogen-bond donors (Lipinski definition) is 0. The number of rotatable bonds is 3. The Kier molecular flexibility index (Phi) is 2.90. The van der Waals surface area contributed by atoms with Crippen LogP contribution in [0.2, 0.25) is 0 Å². The van der Waals surface area contributed by atoms with Gasteiger partial charge in [-0.15, -0.1) is 0 Å². The molecule has 1 aromatic heterocycles. The van der Waals surface area contributed by atoms with E-state index in [2.05, 4.69) is 23.2 Å². The molecule has 0 spiro atoms. The largest absolute Gasteiger partial charge is 0.219 e. The Morgan fingerprint density at radius 2 is 2.22 bits per heavy atom. The lowest BCUT2D eigenvalue weighted by molar-refractivity contribution is 0.548. The predicted octanol–water partition coefficient (Wildman–Crippen LogP) is 4.10. The Hall–Kier alpha value is -1.29. The maximum Gasteiger partial charge on any atom is 0.173 e. The molecule has 3 rings (SSSR count). The molecule has 1 aliphatic rings. The van der Waals surface area contributed by atoms with Crippen molar-refractivity contribution in [2.45, 2.75) is 26.2 Å². The Bertz CT molecular complexity index is 564.